The van der Waals surface area contributed by atoms with Crippen LogP contribution >= 0.6 is 0 Å². The quantitative estimate of drug-likeness (QED) is 0.175. The number of hydrogen-bond donors (Lipinski definition) is 0. The molecule has 0 radical (unpaired) electrons. The Kier molecular flexibility index (Phi) is 7.13. The van der Waals surface area contributed by atoms with Crippen molar-refractivity contribution >= 4 is 65.6 Å². The van der Waals surface area contributed by atoms with Crippen LogP contribution in [0, 0.1) is 0 Å². The molecular weight excluding hydrogens is 713 g/mol. The molecule has 0 atom stereocenters. The summed E-state index contributed by atoms with van der Waals surface area (Å²) in [5, 5.41) is 7.64. The first-order chi connectivity index (χ1) is 28.7. The topological polar surface area (TPSA) is 77.8 Å². The third kappa shape index (κ3) is 5.12. The smallest absolute Gasteiger partial charge is 0.164 e. The number of benzene rings is 8. The first-order valence-electron chi connectivity index (χ1n) is 19.3. The third-order valence-corrected chi connectivity index (χ3v) is 11.2. The summed E-state index contributed by atoms with van der Waals surface area (Å²) < 4.78 is 12.8. The van der Waals surface area contributed by atoms with Crippen LogP contribution in [-0.2, 0) is 0 Å². The van der Waals surface area contributed by atoms with Crippen LogP contribution < -0.4 is 0 Å². The van der Waals surface area contributed by atoms with Gasteiger partial charge in [0.15, 0.2) is 23.1 Å². The van der Waals surface area contributed by atoms with Gasteiger partial charge in [-0.2, -0.15) is 0 Å². The molecule has 12 rings (SSSR count). The average molecular weight is 743 g/mol. The van der Waals surface area contributed by atoms with E-state index in [4.69, 9.17) is 28.8 Å². The van der Waals surface area contributed by atoms with Crippen molar-refractivity contribution in [3.8, 4) is 56.5 Å². The highest BCUT2D eigenvalue weighted by molar-refractivity contribution is 6.22. The SMILES string of the molecule is c1ccc(-c2nc(-c3ccc(-c4ccc(-c5nc6ccccc6c6c5oc5ccccc56)c5ccccc45)cc3)nc(-c3ccc4c(c3)oc3ccccc34)n2)cc1. The lowest BCUT2D eigenvalue weighted by molar-refractivity contribution is 0.668. The Morgan fingerprint density at radius 2 is 0.828 bits per heavy atom. The zero-order valence-corrected chi connectivity index (χ0v) is 30.9. The molecule has 0 aliphatic rings. The van der Waals surface area contributed by atoms with Gasteiger partial charge in [-0.05, 0) is 52.2 Å². The van der Waals surface area contributed by atoms with Crippen molar-refractivity contribution in [3.05, 3.63) is 182 Å². The van der Waals surface area contributed by atoms with E-state index in [1.807, 2.05) is 72.8 Å². The van der Waals surface area contributed by atoms with Crippen molar-refractivity contribution in [1.29, 1.82) is 0 Å². The van der Waals surface area contributed by atoms with Gasteiger partial charge in [0.2, 0.25) is 0 Å². The Balaban J connectivity index is 0.969. The summed E-state index contributed by atoms with van der Waals surface area (Å²) >= 11 is 0. The van der Waals surface area contributed by atoms with Gasteiger partial charge in [-0.3, -0.25) is 0 Å². The Hall–Kier alpha value is -7.96. The van der Waals surface area contributed by atoms with E-state index >= 15 is 0 Å². The fourth-order valence-electron chi connectivity index (χ4n) is 8.39. The number of para-hydroxylation sites is 3. The molecule has 8 aromatic carbocycles. The molecule has 0 bridgehead atoms. The lowest BCUT2D eigenvalue weighted by Crippen LogP contribution is -2.00. The van der Waals surface area contributed by atoms with Gasteiger partial charge in [0.05, 0.1) is 5.52 Å². The van der Waals surface area contributed by atoms with Crippen LogP contribution in [0.5, 0.6) is 0 Å². The summed E-state index contributed by atoms with van der Waals surface area (Å²) in [6.45, 7) is 0. The number of hydrogen-bond acceptors (Lipinski definition) is 6. The van der Waals surface area contributed by atoms with Crippen molar-refractivity contribution in [1.82, 2.24) is 19.9 Å². The molecule has 0 N–H and O–H groups in total. The van der Waals surface area contributed by atoms with E-state index in [1.165, 1.54) is 0 Å². The molecule has 58 heavy (non-hydrogen) atoms. The number of rotatable bonds is 5. The molecular formula is C52H30N4O2. The maximum Gasteiger partial charge on any atom is 0.164 e. The molecule has 0 saturated carbocycles. The first-order valence-corrected chi connectivity index (χ1v) is 19.3. The number of aromatic nitrogens is 4. The molecule has 0 fully saturated rings. The minimum absolute atomic E-state index is 0.581. The van der Waals surface area contributed by atoms with E-state index in [9.17, 15) is 0 Å². The van der Waals surface area contributed by atoms with Crippen molar-refractivity contribution in [2.24, 2.45) is 0 Å². The van der Waals surface area contributed by atoms with Crippen LogP contribution in [0.2, 0.25) is 0 Å². The third-order valence-electron chi connectivity index (χ3n) is 11.2. The van der Waals surface area contributed by atoms with Crippen LogP contribution in [0.4, 0.5) is 0 Å². The zero-order valence-electron chi connectivity index (χ0n) is 30.9. The minimum atomic E-state index is 0.581. The highest BCUT2D eigenvalue weighted by Crippen LogP contribution is 2.43. The van der Waals surface area contributed by atoms with Gasteiger partial charge in [0, 0.05) is 49.2 Å². The minimum Gasteiger partial charge on any atom is -0.456 e. The lowest BCUT2D eigenvalue weighted by atomic mass is 9.92. The van der Waals surface area contributed by atoms with E-state index in [-0.39, 0.29) is 0 Å². The maximum atomic E-state index is 6.59. The summed E-state index contributed by atoms with van der Waals surface area (Å²) in [6.07, 6.45) is 0. The normalized spacial score (nSPS) is 11.8. The number of fused-ring (bicyclic) bond motifs is 9. The van der Waals surface area contributed by atoms with Gasteiger partial charge >= 0.3 is 0 Å². The predicted molar refractivity (Wildman–Crippen MR) is 234 cm³/mol. The molecule has 270 valence electrons. The van der Waals surface area contributed by atoms with E-state index in [1.54, 1.807) is 0 Å². The van der Waals surface area contributed by atoms with E-state index in [2.05, 4.69) is 109 Å². The Morgan fingerprint density at radius 3 is 1.59 bits per heavy atom. The van der Waals surface area contributed by atoms with Crippen LogP contribution in [0.1, 0.15) is 0 Å². The fourth-order valence-corrected chi connectivity index (χ4v) is 8.39. The highest BCUT2D eigenvalue weighted by atomic mass is 16.3. The molecule has 0 spiro atoms. The number of furan rings is 2. The molecule has 6 nitrogen and oxygen atoms in total. The van der Waals surface area contributed by atoms with Crippen molar-refractivity contribution in [2.45, 2.75) is 0 Å². The molecule has 0 aliphatic carbocycles. The first kappa shape index (κ1) is 32.3. The summed E-state index contributed by atoms with van der Waals surface area (Å²) in [6, 6.07) is 62.2. The van der Waals surface area contributed by atoms with Crippen LogP contribution in [0.3, 0.4) is 0 Å². The predicted octanol–water partition coefficient (Wildman–Crippen LogP) is 13.7. The monoisotopic (exact) mass is 742 g/mol. The standard InChI is InChI=1S/C52H30N4O2/c1-2-12-32(13-3-1)50-54-51(56-52(55-50)34-26-27-39-38-16-7-10-20-44(38)57-46(39)30-34)33-24-22-31(23-25-33)35-28-29-40(37-15-5-4-14-36(35)37)48-49-47(41-17-6-9-19-43(41)53-48)42-18-8-11-21-45(42)58-49/h1-30H. The molecule has 4 aromatic heterocycles. The largest absolute Gasteiger partial charge is 0.456 e. The number of nitrogens with zero attached hydrogens (tertiary/aromatic N) is 4. The Labute approximate surface area is 331 Å². The zero-order chi connectivity index (χ0) is 38.2. The van der Waals surface area contributed by atoms with Crippen molar-refractivity contribution in [2.75, 3.05) is 0 Å². The molecule has 4 heterocycles. The van der Waals surface area contributed by atoms with Gasteiger partial charge in [0.1, 0.15) is 22.4 Å². The molecule has 0 aliphatic heterocycles. The number of pyridine rings is 1. The molecule has 0 amide bonds. The summed E-state index contributed by atoms with van der Waals surface area (Å²) in [5.41, 5.74) is 11.0. The highest BCUT2D eigenvalue weighted by Gasteiger charge is 2.20. The summed E-state index contributed by atoms with van der Waals surface area (Å²) in [5.74, 6) is 1.78. The van der Waals surface area contributed by atoms with E-state index < -0.39 is 0 Å². The van der Waals surface area contributed by atoms with E-state index in [0.717, 1.165) is 105 Å². The average Bonchev–Trinajstić information content (AvgIpc) is 3.88. The van der Waals surface area contributed by atoms with Gasteiger partial charge in [0.25, 0.3) is 0 Å². The molecule has 12 aromatic rings. The van der Waals surface area contributed by atoms with Crippen molar-refractivity contribution < 1.29 is 8.83 Å². The Morgan fingerprint density at radius 1 is 0.310 bits per heavy atom. The molecule has 6 heteroatoms. The summed E-state index contributed by atoms with van der Waals surface area (Å²) in [7, 11) is 0. The van der Waals surface area contributed by atoms with E-state index in [0.29, 0.717) is 17.5 Å². The lowest BCUT2D eigenvalue weighted by Gasteiger charge is -2.13. The van der Waals surface area contributed by atoms with Crippen molar-refractivity contribution in [3.63, 3.8) is 0 Å². The fraction of sp³-hybridized carbons (Fsp3) is 0. The van der Waals surface area contributed by atoms with Crippen LogP contribution in [-0.4, -0.2) is 19.9 Å². The van der Waals surface area contributed by atoms with Crippen LogP contribution in [0.15, 0.2) is 191 Å². The summed E-state index contributed by atoms with van der Waals surface area (Å²) in [4.78, 5) is 20.2. The van der Waals surface area contributed by atoms with Gasteiger partial charge in [-0.25, -0.2) is 19.9 Å². The van der Waals surface area contributed by atoms with Gasteiger partial charge < -0.3 is 8.83 Å². The van der Waals surface area contributed by atoms with Gasteiger partial charge in [-0.1, -0.05) is 152 Å². The Bertz CT molecular complexity index is 3570. The molecule has 0 saturated heterocycles. The second-order valence-electron chi connectivity index (χ2n) is 14.5. The second-order valence-corrected chi connectivity index (χ2v) is 14.5. The molecule has 0 unspecified atom stereocenters. The second kappa shape index (κ2) is 12.8. The maximum absolute atomic E-state index is 6.59. The van der Waals surface area contributed by atoms with Crippen LogP contribution in [0.25, 0.3) is 122 Å². The van der Waals surface area contributed by atoms with Gasteiger partial charge in [-0.15, -0.1) is 0 Å².